The Balaban J connectivity index is 1.61. The SMILES string of the molecule is CNc1nc(N)nc2c1ncn2[C@@H]1O[C@](F)(CO[P@@](=O)(N[C@@H](C)C(=O)OC(C)C)Oc2ccccc2)[C@@H](O)[C@]1(F)Cl. The van der Waals surface area contributed by atoms with Gasteiger partial charge in [0.15, 0.2) is 29.3 Å². The smallest absolute Gasteiger partial charge is 0.459 e. The van der Waals surface area contributed by atoms with Crippen LogP contribution in [0.5, 0.6) is 5.75 Å². The van der Waals surface area contributed by atoms with Crippen LogP contribution in [0.2, 0.25) is 0 Å². The Morgan fingerprint density at radius 2 is 1.98 bits per heavy atom. The van der Waals surface area contributed by atoms with Gasteiger partial charge in [0.05, 0.1) is 12.4 Å². The van der Waals surface area contributed by atoms with Gasteiger partial charge in [-0.05, 0) is 32.9 Å². The molecule has 0 spiro atoms. The molecule has 41 heavy (non-hydrogen) atoms. The topological polar surface area (TPSA) is 185 Å². The predicted octanol–water partition coefficient (Wildman–Crippen LogP) is 3.04. The van der Waals surface area contributed by atoms with Crippen molar-refractivity contribution in [2.45, 2.75) is 56.2 Å². The highest BCUT2D eigenvalue weighted by Crippen LogP contribution is 2.53. The van der Waals surface area contributed by atoms with Crippen molar-refractivity contribution in [1.29, 1.82) is 0 Å². The average Bonchev–Trinajstić information content (AvgIpc) is 3.39. The fourth-order valence-corrected chi connectivity index (χ4v) is 5.71. The summed E-state index contributed by atoms with van der Waals surface area (Å²) in [5, 5.41) is 12.4. The van der Waals surface area contributed by atoms with Crippen LogP contribution in [0.3, 0.4) is 0 Å². The maximum atomic E-state index is 16.1. The molecule has 0 saturated carbocycles. The Bertz CT molecular complexity index is 1450. The minimum absolute atomic E-state index is 0.0334. The van der Waals surface area contributed by atoms with Crippen LogP contribution in [0.25, 0.3) is 11.2 Å². The highest BCUT2D eigenvalue weighted by molar-refractivity contribution is 7.52. The number of aliphatic hydroxyl groups is 1. The summed E-state index contributed by atoms with van der Waals surface area (Å²) in [6, 6.07) is 6.41. The highest BCUT2D eigenvalue weighted by Gasteiger charge is 2.67. The van der Waals surface area contributed by atoms with Gasteiger partial charge in [-0.2, -0.15) is 15.1 Å². The molecule has 2 aromatic heterocycles. The molecule has 0 amide bonds. The van der Waals surface area contributed by atoms with Gasteiger partial charge < -0.3 is 30.2 Å². The van der Waals surface area contributed by atoms with E-state index in [2.05, 4.69) is 25.4 Å². The van der Waals surface area contributed by atoms with Crippen LogP contribution in [-0.2, 0) is 23.4 Å². The standard InChI is InChI=1S/C23H29ClF2N7O7P/c1-12(2)38-18(34)13(3)32-41(36,40-14-8-6-5-7-9-14)37-10-22(25)19(35)23(24,26)20(39-22)33-11-29-15-16(28-4)30-21(27)31-17(15)33/h5-9,11-13,19-20,35H,10H2,1-4H3,(H,32,36)(H3,27,28,30,31)/t13-,19+,20+,22+,23+,41-/m0/s1. The molecule has 224 valence electrons. The number of carbonyl (C=O) groups excluding carboxylic acids is 1. The Hall–Kier alpha value is -3.14. The largest absolute Gasteiger partial charge is 0.462 e. The number of fused-ring (bicyclic) bond motifs is 1. The average molecular weight is 620 g/mol. The van der Waals surface area contributed by atoms with E-state index >= 15 is 8.78 Å². The number of halogens is 3. The summed E-state index contributed by atoms with van der Waals surface area (Å²) in [5.41, 5.74) is 5.77. The summed E-state index contributed by atoms with van der Waals surface area (Å²) >= 11 is 5.97. The van der Waals surface area contributed by atoms with Gasteiger partial charge >= 0.3 is 13.7 Å². The molecule has 5 N–H and O–H groups in total. The van der Waals surface area contributed by atoms with Gasteiger partial charge in [0.1, 0.15) is 18.4 Å². The number of para-hydroxylation sites is 1. The lowest BCUT2D eigenvalue weighted by molar-refractivity contribution is -0.202. The van der Waals surface area contributed by atoms with Crippen molar-refractivity contribution in [3.8, 4) is 5.75 Å². The van der Waals surface area contributed by atoms with Crippen LogP contribution in [0, 0.1) is 0 Å². The molecular weight excluding hydrogens is 591 g/mol. The number of nitrogen functional groups attached to an aromatic ring is 1. The van der Waals surface area contributed by atoms with E-state index in [0.29, 0.717) is 0 Å². The molecule has 0 unspecified atom stereocenters. The summed E-state index contributed by atoms with van der Waals surface area (Å²) in [7, 11) is -3.07. The fourth-order valence-electron chi connectivity index (χ4n) is 3.89. The van der Waals surface area contributed by atoms with Gasteiger partial charge in [-0.15, -0.1) is 0 Å². The number of carbonyl (C=O) groups is 1. The number of ether oxygens (including phenoxy) is 2. The van der Waals surface area contributed by atoms with E-state index in [1.165, 1.54) is 26.1 Å². The second-order valence-corrected chi connectivity index (χ2v) is 11.6. The van der Waals surface area contributed by atoms with Crippen molar-refractivity contribution in [2.75, 3.05) is 24.7 Å². The summed E-state index contributed by atoms with van der Waals surface area (Å²) in [5.74, 6) is -4.17. The van der Waals surface area contributed by atoms with E-state index in [1.807, 2.05) is 0 Å². The van der Waals surface area contributed by atoms with Crippen LogP contribution in [-0.4, -0.2) is 73.5 Å². The van der Waals surface area contributed by atoms with Crippen LogP contribution >= 0.6 is 19.3 Å². The summed E-state index contributed by atoms with van der Waals surface area (Å²) in [4.78, 5) is 24.4. The van der Waals surface area contributed by atoms with Crippen molar-refractivity contribution in [1.82, 2.24) is 24.6 Å². The molecule has 1 saturated heterocycles. The van der Waals surface area contributed by atoms with E-state index in [9.17, 15) is 14.5 Å². The molecule has 0 aliphatic carbocycles. The number of hydrogen-bond acceptors (Lipinski definition) is 12. The number of imidazole rings is 1. The molecule has 14 nitrogen and oxygen atoms in total. The first kappa shape index (κ1) is 30.8. The van der Waals surface area contributed by atoms with Crippen LogP contribution in [0.15, 0.2) is 36.7 Å². The molecule has 1 aliphatic heterocycles. The van der Waals surface area contributed by atoms with Crippen LogP contribution < -0.4 is 20.7 Å². The summed E-state index contributed by atoms with van der Waals surface area (Å²) < 4.78 is 67.5. The number of alkyl halides is 3. The van der Waals surface area contributed by atoms with E-state index in [0.717, 1.165) is 10.9 Å². The zero-order valence-corrected chi connectivity index (χ0v) is 24.0. The number of hydrogen-bond donors (Lipinski definition) is 4. The lowest BCUT2D eigenvalue weighted by atomic mass is 10.1. The molecular formula is C23H29ClF2N7O7P. The molecule has 1 aromatic carbocycles. The third-order valence-electron chi connectivity index (χ3n) is 5.80. The number of anilines is 2. The van der Waals surface area contributed by atoms with Gasteiger partial charge in [-0.25, -0.2) is 18.3 Å². The van der Waals surface area contributed by atoms with E-state index < -0.39 is 55.8 Å². The number of nitrogens with two attached hydrogens (primary N) is 1. The Kier molecular flexibility index (Phi) is 8.73. The van der Waals surface area contributed by atoms with Gasteiger partial charge in [0.25, 0.3) is 11.0 Å². The van der Waals surface area contributed by atoms with E-state index in [1.54, 1.807) is 32.0 Å². The van der Waals surface area contributed by atoms with Crippen molar-refractivity contribution in [3.63, 3.8) is 0 Å². The van der Waals surface area contributed by atoms with Gasteiger partial charge in [0.2, 0.25) is 5.95 Å². The predicted molar refractivity (Wildman–Crippen MR) is 143 cm³/mol. The zero-order chi connectivity index (χ0) is 30.2. The quantitative estimate of drug-likeness (QED) is 0.140. The molecule has 3 aromatic rings. The first-order valence-corrected chi connectivity index (χ1v) is 14.2. The lowest BCUT2D eigenvalue weighted by Crippen LogP contribution is -2.46. The third-order valence-corrected chi connectivity index (χ3v) is 7.81. The maximum Gasteiger partial charge on any atom is 0.459 e. The normalized spacial score (nSPS) is 26.6. The van der Waals surface area contributed by atoms with Crippen molar-refractivity contribution >= 4 is 48.2 Å². The van der Waals surface area contributed by atoms with Crippen molar-refractivity contribution in [3.05, 3.63) is 36.7 Å². The molecule has 0 radical (unpaired) electrons. The molecule has 1 aliphatic rings. The summed E-state index contributed by atoms with van der Waals surface area (Å²) in [6.07, 6.45) is -4.15. The van der Waals surface area contributed by atoms with Crippen molar-refractivity contribution in [2.24, 2.45) is 0 Å². The third kappa shape index (κ3) is 6.37. The number of aromatic nitrogens is 4. The van der Waals surface area contributed by atoms with E-state index in [-0.39, 0.29) is 28.7 Å². The molecule has 4 rings (SSSR count). The van der Waals surface area contributed by atoms with Crippen molar-refractivity contribution < 1.29 is 41.8 Å². The molecule has 18 heteroatoms. The molecule has 3 heterocycles. The number of nitrogens with one attached hydrogen (secondary N) is 2. The highest BCUT2D eigenvalue weighted by atomic mass is 35.5. The Labute approximate surface area is 238 Å². The first-order valence-electron chi connectivity index (χ1n) is 12.3. The van der Waals surface area contributed by atoms with Crippen LogP contribution in [0.1, 0.15) is 27.0 Å². The molecule has 1 fully saturated rings. The number of rotatable bonds is 11. The fraction of sp³-hybridized carbons (Fsp3) is 0.478. The monoisotopic (exact) mass is 619 g/mol. The minimum Gasteiger partial charge on any atom is -0.462 e. The lowest BCUT2D eigenvalue weighted by Gasteiger charge is -2.27. The van der Waals surface area contributed by atoms with Gasteiger partial charge in [-0.3, -0.25) is 13.9 Å². The number of nitrogens with zero attached hydrogens (tertiary/aromatic N) is 4. The zero-order valence-electron chi connectivity index (χ0n) is 22.3. The number of benzene rings is 1. The Morgan fingerprint density at radius 3 is 2.61 bits per heavy atom. The second kappa shape index (κ2) is 11.6. The van der Waals surface area contributed by atoms with Gasteiger partial charge in [-0.1, -0.05) is 29.8 Å². The van der Waals surface area contributed by atoms with E-state index in [4.69, 9.17) is 35.9 Å². The minimum atomic E-state index is -4.61. The summed E-state index contributed by atoms with van der Waals surface area (Å²) in [6.45, 7) is 3.20. The first-order chi connectivity index (χ1) is 19.2. The molecule has 0 bridgehead atoms. The molecule has 6 atom stereocenters. The maximum absolute atomic E-state index is 16.1. The second-order valence-electron chi connectivity index (χ2n) is 9.35. The van der Waals surface area contributed by atoms with Crippen LogP contribution in [0.4, 0.5) is 20.5 Å². The number of esters is 1. The number of aliphatic hydroxyl groups excluding tert-OH is 1. The Morgan fingerprint density at radius 1 is 1.29 bits per heavy atom. The van der Waals surface area contributed by atoms with Gasteiger partial charge in [0, 0.05) is 7.05 Å².